The highest BCUT2D eigenvalue weighted by Gasteiger charge is 2.47. The second-order valence-corrected chi connectivity index (χ2v) is 4.80. The van der Waals surface area contributed by atoms with Gasteiger partial charge in [0.15, 0.2) is 0 Å². The van der Waals surface area contributed by atoms with E-state index in [1.165, 1.54) is 45.2 Å². The molecule has 2 atom stereocenters. The molecule has 2 heteroatoms. The fourth-order valence-electron chi connectivity index (χ4n) is 3.01. The van der Waals surface area contributed by atoms with Crippen LogP contribution in [0.15, 0.2) is 0 Å². The van der Waals surface area contributed by atoms with Gasteiger partial charge in [0.2, 0.25) is 0 Å². The molecule has 0 radical (unpaired) electrons. The lowest BCUT2D eigenvalue weighted by Crippen LogP contribution is -2.64. The first-order valence-corrected chi connectivity index (χ1v) is 5.75. The van der Waals surface area contributed by atoms with E-state index in [1.54, 1.807) is 0 Å². The summed E-state index contributed by atoms with van der Waals surface area (Å²) in [6.45, 7) is 5.82. The topological polar surface area (TPSA) is 29.3 Å². The lowest BCUT2D eigenvalue weighted by atomic mass is 9.66. The van der Waals surface area contributed by atoms with Gasteiger partial charge in [-0.1, -0.05) is 13.3 Å². The van der Waals surface area contributed by atoms with Crippen molar-refractivity contribution in [2.24, 2.45) is 11.7 Å². The minimum absolute atomic E-state index is 0.403. The van der Waals surface area contributed by atoms with Gasteiger partial charge in [-0.05, 0) is 44.7 Å². The molecule has 1 saturated carbocycles. The molecule has 0 amide bonds. The summed E-state index contributed by atoms with van der Waals surface area (Å²) >= 11 is 0. The smallest absolute Gasteiger partial charge is 0.0357 e. The first kappa shape index (κ1) is 9.47. The molecule has 1 heterocycles. The Kier molecular flexibility index (Phi) is 2.61. The van der Waals surface area contributed by atoms with Crippen LogP contribution in [0.2, 0.25) is 0 Å². The number of hydrogen-bond acceptors (Lipinski definition) is 2. The van der Waals surface area contributed by atoms with E-state index in [-0.39, 0.29) is 0 Å². The average Bonchev–Trinajstić information content (AvgIpc) is 2.19. The molecule has 2 aliphatic rings. The molecule has 0 bridgehead atoms. The van der Waals surface area contributed by atoms with Crippen molar-refractivity contribution in [2.75, 3.05) is 19.6 Å². The van der Waals surface area contributed by atoms with Gasteiger partial charge in [-0.25, -0.2) is 0 Å². The number of rotatable bonds is 2. The Labute approximate surface area is 81.5 Å². The van der Waals surface area contributed by atoms with Crippen molar-refractivity contribution >= 4 is 0 Å². The van der Waals surface area contributed by atoms with Crippen LogP contribution in [-0.4, -0.2) is 30.1 Å². The number of nitrogens with two attached hydrogens (primary N) is 1. The summed E-state index contributed by atoms with van der Waals surface area (Å²) in [5.41, 5.74) is 6.35. The first-order valence-electron chi connectivity index (χ1n) is 5.75. The molecular weight excluding hydrogens is 160 g/mol. The highest BCUT2D eigenvalue weighted by atomic mass is 15.2. The SMILES string of the molecule is CC1CCC1(CN)N1CCCCC1. The maximum atomic E-state index is 5.95. The van der Waals surface area contributed by atoms with Gasteiger partial charge in [-0.15, -0.1) is 0 Å². The van der Waals surface area contributed by atoms with Crippen molar-refractivity contribution in [3.8, 4) is 0 Å². The zero-order valence-corrected chi connectivity index (χ0v) is 8.76. The quantitative estimate of drug-likeness (QED) is 0.703. The van der Waals surface area contributed by atoms with E-state index in [4.69, 9.17) is 5.73 Å². The van der Waals surface area contributed by atoms with Crippen LogP contribution in [0.25, 0.3) is 0 Å². The zero-order valence-electron chi connectivity index (χ0n) is 8.76. The van der Waals surface area contributed by atoms with Gasteiger partial charge in [0.05, 0.1) is 0 Å². The van der Waals surface area contributed by atoms with Crippen LogP contribution in [0, 0.1) is 5.92 Å². The first-order chi connectivity index (χ1) is 6.29. The minimum Gasteiger partial charge on any atom is -0.329 e. The summed E-state index contributed by atoms with van der Waals surface area (Å²) in [5, 5.41) is 0. The Morgan fingerprint density at radius 1 is 1.31 bits per heavy atom. The standard InChI is InChI=1S/C11H22N2/c1-10-5-6-11(10,9-12)13-7-3-2-4-8-13/h10H,2-9,12H2,1H3. The third-order valence-electron chi connectivity index (χ3n) is 4.27. The zero-order chi connectivity index (χ0) is 9.31. The Morgan fingerprint density at radius 3 is 2.38 bits per heavy atom. The Bertz CT molecular complexity index is 171. The van der Waals surface area contributed by atoms with Gasteiger partial charge in [0.1, 0.15) is 0 Å². The molecule has 2 N–H and O–H groups in total. The summed E-state index contributed by atoms with van der Waals surface area (Å²) in [5.74, 6) is 0.829. The molecule has 2 rings (SSSR count). The second kappa shape index (κ2) is 3.58. The highest BCUT2D eigenvalue weighted by Crippen LogP contribution is 2.43. The molecule has 1 aliphatic carbocycles. The van der Waals surface area contributed by atoms with Crippen molar-refractivity contribution in [2.45, 2.75) is 44.6 Å². The summed E-state index contributed by atoms with van der Waals surface area (Å²) in [4.78, 5) is 2.67. The third-order valence-corrected chi connectivity index (χ3v) is 4.27. The van der Waals surface area contributed by atoms with E-state index in [0.717, 1.165) is 12.5 Å². The van der Waals surface area contributed by atoms with E-state index in [9.17, 15) is 0 Å². The van der Waals surface area contributed by atoms with Crippen LogP contribution in [-0.2, 0) is 0 Å². The molecule has 0 aromatic heterocycles. The highest BCUT2D eigenvalue weighted by molar-refractivity contribution is 5.04. The summed E-state index contributed by atoms with van der Waals surface area (Å²) < 4.78 is 0. The molecule has 2 fully saturated rings. The van der Waals surface area contributed by atoms with Gasteiger partial charge in [-0.2, -0.15) is 0 Å². The summed E-state index contributed by atoms with van der Waals surface area (Å²) in [6, 6.07) is 0. The normalized spacial score (nSPS) is 41.5. The number of likely N-dealkylation sites (tertiary alicyclic amines) is 1. The van der Waals surface area contributed by atoms with Gasteiger partial charge in [-0.3, -0.25) is 4.90 Å². The van der Waals surface area contributed by atoms with Crippen molar-refractivity contribution < 1.29 is 0 Å². The third kappa shape index (κ3) is 1.40. The average molecular weight is 182 g/mol. The molecule has 2 unspecified atom stereocenters. The van der Waals surface area contributed by atoms with Gasteiger partial charge < -0.3 is 5.73 Å². The van der Waals surface area contributed by atoms with Crippen molar-refractivity contribution in [1.29, 1.82) is 0 Å². The molecule has 1 aliphatic heterocycles. The van der Waals surface area contributed by atoms with Gasteiger partial charge in [0.25, 0.3) is 0 Å². The summed E-state index contributed by atoms with van der Waals surface area (Å²) in [7, 11) is 0. The molecular formula is C11H22N2. The van der Waals surface area contributed by atoms with E-state index < -0.39 is 0 Å². The van der Waals surface area contributed by atoms with E-state index in [2.05, 4.69) is 11.8 Å². The number of nitrogens with zero attached hydrogens (tertiary/aromatic N) is 1. The molecule has 76 valence electrons. The molecule has 1 saturated heterocycles. The van der Waals surface area contributed by atoms with E-state index >= 15 is 0 Å². The predicted octanol–water partition coefficient (Wildman–Crippen LogP) is 1.60. The van der Waals surface area contributed by atoms with Gasteiger partial charge in [0, 0.05) is 12.1 Å². The predicted molar refractivity (Wildman–Crippen MR) is 55.6 cm³/mol. The number of hydrogen-bond donors (Lipinski definition) is 1. The largest absolute Gasteiger partial charge is 0.329 e. The Morgan fingerprint density at radius 2 is 2.00 bits per heavy atom. The van der Waals surface area contributed by atoms with Crippen LogP contribution in [0.1, 0.15) is 39.0 Å². The summed E-state index contributed by atoms with van der Waals surface area (Å²) in [6.07, 6.45) is 6.91. The molecule has 0 aromatic carbocycles. The van der Waals surface area contributed by atoms with Crippen molar-refractivity contribution in [1.82, 2.24) is 4.90 Å². The van der Waals surface area contributed by atoms with E-state index in [0.29, 0.717) is 5.54 Å². The van der Waals surface area contributed by atoms with Crippen molar-refractivity contribution in [3.05, 3.63) is 0 Å². The van der Waals surface area contributed by atoms with Gasteiger partial charge >= 0.3 is 0 Å². The molecule has 0 aromatic rings. The molecule has 0 spiro atoms. The van der Waals surface area contributed by atoms with Crippen LogP contribution in [0.5, 0.6) is 0 Å². The number of piperidine rings is 1. The Hall–Kier alpha value is -0.0800. The second-order valence-electron chi connectivity index (χ2n) is 4.80. The molecule has 2 nitrogen and oxygen atoms in total. The van der Waals surface area contributed by atoms with Crippen LogP contribution >= 0.6 is 0 Å². The fourth-order valence-corrected chi connectivity index (χ4v) is 3.01. The maximum absolute atomic E-state index is 5.95. The van der Waals surface area contributed by atoms with Crippen LogP contribution in [0.3, 0.4) is 0 Å². The van der Waals surface area contributed by atoms with E-state index in [1.807, 2.05) is 0 Å². The lowest BCUT2D eigenvalue weighted by molar-refractivity contribution is -0.0399. The van der Waals surface area contributed by atoms with Crippen LogP contribution in [0.4, 0.5) is 0 Å². The fraction of sp³-hybridized carbons (Fsp3) is 1.00. The van der Waals surface area contributed by atoms with Crippen LogP contribution < -0.4 is 5.73 Å². The lowest BCUT2D eigenvalue weighted by Gasteiger charge is -2.56. The monoisotopic (exact) mass is 182 g/mol. The Balaban J connectivity index is 2.02. The molecule has 13 heavy (non-hydrogen) atoms. The van der Waals surface area contributed by atoms with Crippen molar-refractivity contribution in [3.63, 3.8) is 0 Å². The maximum Gasteiger partial charge on any atom is 0.0357 e. The minimum atomic E-state index is 0.403.